The van der Waals surface area contributed by atoms with Gasteiger partial charge < -0.3 is 0 Å². The van der Waals surface area contributed by atoms with Crippen LogP contribution >= 0.6 is 11.6 Å². The molecule has 1 aromatic heterocycles. The van der Waals surface area contributed by atoms with Gasteiger partial charge in [0.15, 0.2) is 15.7 Å². The van der Waals surface area contributed by atoms with Gasteiger partial charge in [0.05, 0.1) is 10.6 Å². The van der Waals surface area contributed by atoms with Crippen molar-refractivity contribution < 1.29 is 8.42 Å². The van der Waals surface area contributed by atoms with Gasteiger partial charge in [0.2, 0.25) is 0 Å². The monoisotopic (exact) mass is 347 g/mol. The van der Waals surface area contributed by atoms with Crippen molar-refractivity contribution in [3.63, 3.8) is 0 Å². The van der Waals surface area contributed by atoms with Crippen molar-refractivity contribution in [1.82, 2.24) is 14.8 Å². The van der Waals surface area contributed by atoms with Gasteiger partial charge in [-0.2, -0.15) is 5.10 Å². The Hall–Kier alpha value is -2.18. The zero-order valence-electron chi connectivity index (χ0n) is 12.6. The molecule has 0 fully saturated rings. The van der Waals surface area contributed by atoms with E-state index in [0.29, 0.717) is 16.7 Å². The van der Waals surface area contributed by atoms with Crippen molar-refractivity contribution in [2.24, 2.45) is 0 Å². The molecule has 5 nitrogen and oxygen atoms in total. The smallest absolute Gasteiger partial charge is 0.175 e. The third-order valence-corrected chi connectivity index (χ3v) is 4.67. The average Bonchev–Trinajstić information content (AvgIpc) is 2.88. The fraction of sp³-hybridized carbons (Fsp3) is 0.125. The zero-order chi connectivity index (χ0) is 16.6. The van der Waals surface area contributed by atoms with Crippen LogP contribution in [0.25, 0.3) is 17.1 Å². The van der Waals surface area contributed by atoms with Crippen LogP contribution in [0.5, 0.6) is 0 Å². The lowest BCUT2D eigenvalue weighted by Gasteiger charge is -2.07. The van der Waals surface area contributed by atoms with E-state index in [1.165, 1.54) is 6.26 Å². The molecule has 0 spiro atoms. The highest BCUT2D eigenvalue weighted by Gasteiger charge is 2.13. The Morgan fingerprint density at radius 1 is 1.09 bits per heavy atom. The SMILES string of the molecule is Cc1nc(-c2ccc(S(C)(=O)=O)cc2)n(-c2cccc(Cl)c2)n1. The molecule has 118 valence electrons. The predicted molar refractivity (Wildman–Crippen MR) is 89.7 cm³/mol. The molecule has 0 unspecified atom stereocenters. The summed E-state index contributed by atoms with van der Waals surface area (Å²) >= 11 is 6.04. The summed E-state index contributed by atoms with van der Waals surface area (Å²) in [6.07, 6.45) is 1.18. The number of hydrogen-bond acceptors (Lipinski definition) is 4. The standard InChI is InChI=1S/C16H14ClN3O2S/c1-11-18-16(12-6-8-15(9-7-12)23(2,21)22)20(19-11)14-5-3-4-13(17)10-14/h3-10H,1-2H3. The van der Waals surface area contributed by atoms with Gasteiger partial charge in [-0.15, -0.1) is 0 Å². The highest BCUT2D eigenvalue weighted by atomic mass is 35.5. The molecule has 3 aromatic rings. The molecule has 0 aliphatic heterocycles. The Bertz CT molecular complexity index is 963. The zero-order valence-corrected chi connectivity index (χ0v) is 14.1. The fourth-order valence-corrected chi connectivity index (χ4v) is 3.06. The second kappa shape index (κ2) is 5.79. The minimum Gasteiger partial charge on any atom is -0.224 e. The summed E-state index contributed by atoms with van der Waals surface area (Å²) in [5.74, 6) is 1.25. The minimum atomic E-state index is -3.22. The Balaban J connectivity index is 2.11. The first kappa shape index (κ1) is 15.7. The number of benzene rings is 2. The summed E-state index contributed by atoms with van der Waals surface area (Å²) in [4.78, 5) is 4.71. The Morgan fingerprint density at radius 2 is 1.78 bits per heavy atom. The Kier molecular flexibility index (Phi) is 3.95. The summed E-state index contributed by atoms with van der Waals surface area (Å²) in [6.45, 7) is 1.80. The first-order valence-corrected chi connectivity index (χ1v) is 9.11. The molecular weight excluding hydrogens is 334 g/mol. The average molecular weight is 348 g/mol. The molecule has 3 rings (SSSR count). The van der Waals surface area contributed by atoms with Crippen molar-refractivity contribution in [2.75, 3.05) is 6.26 Å². The van der Waals surface area contributed by atoms with Crippen LogP contribution in [-0.2, 0) is 9.84 Å². The summed E-state index contributed by atoms with van der Waals surface area (Å²) in [6, 6.07) is 13.9. The largest absolute Gasteiger partial charge is 0.224 e. The quantitative estimate of drug-likeness (QED) is 0.729. The number of aromatic nitrogens is 3. The molecule has 0 saturated carbocycles. The molecule has 2 aromatic carbocycles. The molecule has 0 bridgehead atoms. The molecule has 0 radical (unpaired) electrons. The van der Waals surface area contributed by atoms with E-state index in [-0.39, 0.29) is 4.90 Å². The van der Waals surface area contributed by atoms with E-state index >= 15 is 0 Å². The van der Waals surface area contributed by atoms with Crippen LogP contribution in [-0.4, -0.2) is 29.4 Å². The summed E-state index contributed by atoms with van der Waals surface area (Å²) in [7, 11) is -3.22. The van der Waals surface area contributed by atoms with Crippen molar-refractivity contribution in [2.45, 2.75) is 11.8 Å². The molecular formula is C16H14ClN3O2S. The number of halogens is 1. The van der Waals surface area contributed by atoms with Crippen molar-refractivity contribution in [3.8, 4) is 17.1 Å². The van der Waals surface area contributed by atoms with E-state index in [0.717, 1.165) is 11.3 Å². The van der Waals surface area contributed by atoms with Gasteiger partial charge in [0.1, 0.15) is 5.82 Å². The van der Waals surface area contributed by atoms with Crippen LogP contribution < -0.4 is 0 Å². The molecule has 0 amide bonds. The number of aryl methyl sites for hydroxylation is 1. The minimum absolute atomic E-state index is 0.270. The van der Waals surface area contributed by atoms with Gasteiger partial charge in [-0.05, 0) is 49.4 Å². The van der Waals surface area contributed by atoms with E-state index in [2.05, 4.69) is 10.1 Å². The summed E-state index contributed by atoms with van der Waals surface area (Å²) in [5, 5.41) is 5.00. The van der Waals surface area contributed by atoms with Gasteiger partial charge >= 0.3 is 0 Å². The van der Waals surface area contributed by atoms with Crippen LogP contribution in [0.1, 0.15) is 5.82 Å². The maximum Gasteiger partial charge on any atom is 0.175 e. The number of rotatable bonds is 3. The van der Waals surface area contributed by atoms with Crippen molar-refractivity contribution >= 4 is 21.4 Å². The number of hydrogen-bond donors (Lipinski definition) is 0. The maximum absolute atomic E-state index is 11.6. The highest BCUT2D eigenvalue weighted by molar-refractivity contribution is 7.90. The predicted octanol–water partition coefficient (Wildman–Crippen LogP) is 3.30. The van der Waals surface area contributed by atoms with Crippen LogP contribution in [0.4, 0.5) is 0 Å². The third-order valence-electron chi connectivity index (χ3n) is 3.31. The molecule has 0 aliphatic rings. The second-order valence-corrected chi connectivity index (χ2v) is 7.62. The third kappa shape index (κ3) is 3.28. The molecule has 7 heteroatoms. The molecule has 0 aliphatic carbocycles. The van der Waals surface area contributed by atoms with Crippen LogP contribution in [0.2, 0.25) is 5.02 Å². The normalized spacial score (nSPS) is 11.6. The number of sulfone groups is 1. The number of nitrogens with zero attached hydrogens (tertiary/aromatic N) is 3. The van der Waals surface area contributed by atoms with Gasteiger partial charge in [-0.3, -0.25) is 0 Å². The van der Waals surface area contributed by atoms with Crippen LogP contribution in [0.3, 0.4) is 0 Å². The van der Waals surface area contributed by atoms with Crippen LogP contribution in [0, 0.1) is 6.92 Å². The van der Waals surface area contributed by atoms with Gasteiger partial charge in [-0.25, -0.2) is 18.1 Å². The highest BCUT2D eigenvalue weighted by Crippen LogP contribution is 2.24. The molecule has 0 saturated heterocycles. The second-order valence-electron chi connectivity index (χ2n) is 5.17. The lowest BCUT2D eigenvalue weighted by molar-refractivity contribution is 0.602. The van der Waals surface area contributed by atoms with Crippen molar-refractivity contribution in [3.05, 3.63) is 59.4 Å². The summed E-state index contributed by atoms with van der Waals surface area (Å²) in [5.41, 5.74) is 1.57. The van der Waals surface area contributed by atoms with E-state index in [9.17, 15) is 8.42 Å². The van der Waals surface area contributed by atoms with Crippen LogP contribution in [0.15, 0.2) is 53.4 Å². The lowest BCUT2D eigenvalue weighted by atomic mass is 10.2. The Morgan fingerprint density at radius 3 is 2.39 bits per heavy atom. The maximum atomic E-state index is 11.6. The molecule has 0 atom stereocenters. The van der Waals surface area contributed by atoms with E-state index in [1.807, 2.05) is 12.1 Å². The van der Waals surface area contributed by atoms with Gasteiger partial charge in [0.25, 0.3) is 0 Å². The van der Waals surface area contributed by atoms with Gasteiger partial charge in [0, 0.05) is 16.8 Å². The molecule has 0 N–H and O–H groups in total. The first-order chi connectivity index (χ1) is 10.8. The lowest BCUT2D eigenvalue weighted by Crippen LogP contribution is -2.00. The topological polar surface area (TPSA) is 64.8 Å². The van der Waals surface area contributed by atoms with E-state index in [1.54, 1.807) is 48.0 Å². The molecule has 23 heavy (non-hydrogen) atoms. The van der Waals surface area contributed by atoms with E-state index in [4.69, 9.17) is 11.6 Å². The summed E-state index contributed by atoms with van der Waals surface area (Å²) < 4.78 is 24.8. The van der Waals surface area contributed by atoms with Gasteiger partial charge in [-0.1, -0.05) is 17.7 Å². The molecule has 1 heterocycles. The fourth-order valence-electron chi connectivity index (χ4n) is 2.24. The Labute approximate surface area is 139 Å². The van der Waals surface area contributed by atoms with E-state index < -0.39 is 9.84 Å². The van der Waals surface area contributed by atoms with Crippen molar-refractivity contribution in [1.29, 1.82) is 0 Å². The first-order valence-electron chi connectivity index (χ1n) is 6.85.